The number of hydrogen-bond donors (Lipinski definition) is 1. The first-order chi connectivity index (χ1) is 9.22. The molecule has 2 unspecified atom stereocenters. The van der Waals surface area contributed by atoms with Crippen LogP contribution in [-0.2, 0) is 0 Å². The van der Waals surface area contributed by atoms with Gasteiger partial charge in [-0.25, -0.2) is 0 Å². The number of hydrogen-bond acceptors (Lipinski definition) is 3. The highest BCUT2D eigenvalue weighted by Crippen LogP contribution is 2.32. The highest BCUT2D eigenvalue weighted by molar-refractivity contribution is 7.12. The third-order valence-electron chi connectivity index (χ3n) is 4.21. The molecule has 3 heteroatoms. The zero-order chi connectivity index (χ0) is 13.7. The summed E-state index contributed by atoms with van der Waals surface area (Å²) in [6.45, 7) is 6.84. The molecule has 0 saturated carbocycles. The second-order valence-electron chi connectivity index (χ2n) is 5.77. The smallest absolute Gasteiger partial charge is 0.0593 e. The lowest BCUT2D eigenvalue weighted by atomic mass is 10.00. The van der Waals surface area contributed by atoms with Gasteiger partial charge in [-0.1, -0.05) is 26.2 Å². The van der Waals surface area contributed by atoms with E-state index < -0.39 is 0 Å². The van der Waals surface area contributed by atoms with Gasteiger partial charge >= 0.3 is 0 Å². The first-order valence-electron chi connectivity index (χ1n) is 7.78. The van der Waals surface area contributed by atoms with Gasteiger partial charge in [0.2, 0.25) is 0 Å². The van der Waals surface area contributed by atoms with Gasteiger partial charge in [0.25, 0.3) is 0 Å². The normalized spacial score (nSPS) is 21.6. The van der Waals surface area contributed by atoms with Crippen LogP contribution in [0.25, 0.3) is 0 Å². The molecule has 0 amide bonds. The molecule has 2 N–H and O–H groups in total. The monoisotopic (exact) mass is 280 g/mol. The minimum atomic E-state index is 0.262. The van der Waals surface area contributed by atoms with Gasteiger partial charge in [-0.2, -0.15) is 0 Å². The average Bonchev–Trinajstić information content (AvgIpc) is 2.78. The molecule has 0 bridgehead atoms. The molecule has 1 aromatic rings. The highest BCUT2D eigenvalue weighted by atomic mass is 32.1. The Hall–Kier alpha value is -0.380. The van der Waals surface area contributed by atoms with Gasteiger partial charge in [0.15, 0.2) is 0 Å². The first-order valence-corrected chi connectivity index (χ1v) is 8.60. The Morgan fingerprint density at radius 2 is 1.79 bits per heavy atom. The second kappa shape index (κ2) is 7.41. The standard InChI is InChI=1S/C16H28N2S/c1-3-14(17)16(15-10-9-13(2)19-15)18-11-7-5-4-6-8-12-18/h9-10,14,16H,3-8,11-12,17H2,1-2H3. The van der Waals surface area contributed by atoms with Crippen molar-refractivity contribution >= 4 is 11.3 Å². The maximum atomic E-state index is 6.44. The summed E-state index contributed by atoms with van der Waals surface area (Å²) in [6, 6.07) is 5.22. The number of likely N-dealkylation sites (tertiary alicyclic amines) is 1. The summed E-state index contributed by atoms with van der Waals surface area (Å²) in [6.07, 6.45) is 7.89. The molecule has 0 radical (unpaired) electrons. The lowest BCUT2D eigenvalue weighted by Crippen LogP contribution is -2.41. The Balaban J connectivity index is 2.15. The van der Waals surface area contributed by atoms with E-state index in [2.05, 4.69) is 30.9 Å². The fourth-order valence-electron chi connectivity index (χ4n) is 3.05. The van der Waals surface area contributed by atoms with Crippen molar-refractivity contribution in [2.75, 3.05) is 13.1 Å². The summed E-state index contributed by atoms with van der Waals surface area (Å²) in [7, 11) is 0. The Labute approximate surface area is 122 Å². The predicted octanol–water partition coefficient (Wildman–Crippen LogP) is 4.10. The molecule has 1 fully saturated rings. The molecule has 1 aliphatic rings. The van der Waals surface area contributed by atoms with E-state index >= 15 is 0 Å². The Morgan fingerprint density at radius 3 is 2.32 bits per heavy atom. The minimum absolute atomic E-state index is 0.262. The molecule has 0 aromatic carbocycles. The molecule has 2 rings (SSSR count). The van der Waals surface area contributed by atoms with E-state index in [0.29, 0.717) is 6.04 Å². The SMILES string of the molecule is CCC(N)C(c1ccc(C)s1)N1CCCCCCC1. The third kappa shape index (κ3) is 4.04. The summed E-state index contributed by atoms with van der Waals surface area (Å²) in [5, 5.41) is 0. The first kappa shape index (κ1) is 15.0. The summed E-state index contributed by atoms with van der Waals surface area (Å²) >= 11 is 1.92. The van der Waals surface area contributed by atoms with E-state index in [4.69, 9.17) is 5.73 Å². The van der Waals surface area contributed by atoms with Gasteiger partial charge in [-0.3, -0.25) is 4.90 Å². The Kier molecular flexibility index (Phi) is 5.86. The number of nitrogens with zero attached hydrogens (tertiary/aromatic N) is 1. The maximum absolute atomic E-state index is 6.44. The molecule has 0 spiro atoms. The molecular weight excluding hydrogens is 252 g/mol. The molecule has 1 aromatic heterocycles. The van der Waals surface area contributed by atoms with Crippen LogP contribution in [0.15, 0.2) is 12.1 Å². The molecule has 108 valence electrons. The highest BCUT2D eigenvalue weighted by Gasteiger charge is 2.26. The number of rotatable bonds is 4. The number of thiophene rings is 1. The van der Waals surface area contributed by atoms with Crippen LogP contribution in [0.4, 0.5) is 0 Å². The van der Waals surface area contributed by atoms with Gasteiger partial charge in [-0.15, -0.1) is 11.3 Å². The van der Waals surface area contributed by atoms with Crippen LogP contribution < -0.4 is 5.73 Å². The van der Waals surface area contributed by atoms with Crippen LogP contribution in [-0.4, -0.2) is 24.0 Å². The van der Waals surface area contributed by atoms with E-state index in [9.17, 15) is 0 Å². The molecule has 1 aliphatic heterocycles. The fourth-order valence-corrected chi connectivity index (χ4v) is 4.14. The van der Waals surface area contributed by atoms with Crippen LogP contribution >= 0.6 is 11.3 Å². The second-order valence-corrected chi connectivity index (χ2v) is 7.09. The van der Waals surface area contributed by atoms with Crippen molar-refractivity contribution in [3.8, 4) is 0 Å². The van der Waals surface area contributed by atoms with Gasteiger partial charge < -0.3 is 5.73 Å². The van der Waals surface area contributed by atoms with Crippen molar-refractivity contribution in [2.45, 2.75) is 64.5 Å². The third-order valence-corrected chi connectivity index (χ3v) is 5.28. The van der Waals surface area contributed by atoms with Crippen molar-refractivity contribution in [1.29, 1.82) is 0 Å². The van der Waals surface area contributed by atoms with Crippen molar-refractivity contribution < 1.29 is 0 Å². The number of aryl methyl sites for hydroxylation is 1. The van der Waals surface area contributed by atoms with Crippen molar-refractivity contribution in [1.82, 2.24) is 4.90 Å². The lowest BCUT2D eigenvalue weighted by molar-refractivity contribution is 0.157. The molecule has 2 atom stereocenters. The minimum Gasteiger partial charge on any atom is -0.326 e. The van der Waals surface area contributed by atoms with Crippen LogP contribution in [0.5, 0.6) is 0 Å². The summed E-state index contributed by atoms with van der Waals surface area (Å²) < 4.78 is 0. The van der Waals surface area contributed by atoms with Crippen molar-refractivity contribution in [3.63, 3.8) is 0 Å². The molecule has 19 heavy (non-hydrogen) atoms. The zero-order valence-electron chi connectivity index (χ0n) is 12.4. The van der Waals surface area contributed by atoms with Crippen molar-refractivity contribution in [3.05, 3.63) is 21.9 Å². The molecule has 1 saturated heterocycles. The summed E-state index contributed by atoms with van der Waals surface area (Å²) in [5.74, 6) is 0. The quantitative estimate of drug-likeness (QED) is 0.899. The van der Waals surface area contributed by atoms with Gasteiger partial charge in [-0.05, 0) is 51.4 Å². The molecule has 0 aliphatic carbocycles. The average molecular weight is 280 g/mol. The molecule has 2 nitrogen and oxygen atoms in total. The Bertz CT molecular complexity index is 367. The Morgan fingerprint density at radius 1 is 1.16 bits per heavy atom. The van der Waals surface area contributed by atoms with Gasteiger partial charge in [0, 0.05) is 15.8 Å². The summed E-state index contributed by atoms with van der Waals surface area (Å²) in [4.78, 5) is 5.52. The predicted molar refractivity (Wildman–Crippen MR) is 84.7 cm³/mol. The van der Waals surface area contributed by atoms with Crippen LogP contribution in [0.2, 0.25) is 0 Å². The fraction of sp³-hybridized carbons (Fsp3) is 0.750. The van der Waals surface area contributed by atoms with E-state index in [0.717, 1.165) is 6.42 Å². The lowest BCUT2D eigenvalue weighted by Gasteiger charge is -2.35. The van der Waals surface area contributed by atoms with E-state index in [1.165, 1.54) is 54.9 Å². The zero-order valence-corrected chi connectivity index (χ0v) is 13.2. The van der Waals surface area contributed by atoms with Gasteiger partial charge in [0.05, 0.1) is 6.04 Å². The number of nitrogens with two attached hydrogens (primary N) is 1. The van der Waals surface area contributed by atoms with E-state index in [1.807, 2.05) is 11.3 Å². The van der Waals surface area contributed by atoms with Gasteiger partial charge in [0.1, 0.15) is 0 Å². The maximum Gasteiger partial charge on any atom is 0.0593 e. The molecule has 2 heterocycles. The topological polar surface area (TPSA) is 29.3 Å². The molecular formula is C16H28N2S. The van der Waals surface area contributed by atoms with Crippen molar-refractivity contribution in [2.24, 2.45) is 5.73 Å². The van der Waals surface area contributed by atoms with Crippen LogP contribution in [0.1, 0.15) is 61.2 Å². The van der Waals surface area contributed by atoms with Crippen LogP contribution in [0, 0.1) is 6.92 Å². The van der Waals surface area contributed by atoms with Crippen LogP contribution in [0.3, 0.4) is 0 Å². The van der Waals surface area contributed by atoms with E-state index in [-0.39, 0.29) is 6.04 Å². The van der Waals surface area contributed by atoms with E-state index in [1.54, 1.807) is 0 Å². The summed E-state index contributed by atoms with van der Waals surface area (Å²) in [5.41, 5.74) is 6.44. The largest absolute Gasteiger partial charge is 0.326 e.